The van der Waals surface area contributed by atoms with Gasteiger partial charge in [0, 0.05) is 31.6 Å². The predicted octanol–water partition coefficient (Wildman–Crippen LogP) is 4.29. The second-order valence-corrected chi connectivity index (χ2v) is 9.89. The lowest BCUT2D eigenvalue weighted by Gasteiger charge is -2.42. The van der Waals surface area contributed by atoms with Crippen molar-refractivity contribution in [3.63, 3.8) is 0 Å². The molecule has 1 aliphatic heterocycles. The third-order valence-electron chi connectivity index (χ3n) is 5.62. The van der Waals surface area contributed by atoms with Crippen molar-refractivity contribution in [3.8, 4) is 0 Å². The van der Waals surface area contributed by atoms with Crippen LogP contribution in [-0.4, -0.2) is 45.3 Å². The Kier molecular flexibility index (Phi) is 6.46. The van der Waals surface area contributed by atoms with E-state index in [-0.39, 0.29) is 23.6 Å². The number of rotatable bonds is 5. The second kappa shape index (κ2) is 9.44. The Labute approximate surface area is 189 Å². The van der Waals surface area contributed by atoms with Gasteiger partial charge in [0.05, 0.1) is 10.9 Å². The summed E-state index contributed by atoms with van der Waals surface area (Å²) in [4.78, 5) is 17.2. The maximum atomic E-state index is 13.0. The first-order chi connectivity index (χ1) is 15.4. The van der Waals surface area contributed by atoms with E-state index in [4.69, 9.17) is 4.74 Å². The van der Waals surface area contributed by atoms with E-state index in [1.54, 1.807) is 23.1 Å². The molecule has 0 saturated carbocycles. The molecule has 4 rings (SSSR count). The standard InChI is InChI=1S/C25H26N2O4S/c1-32(29,30)23-14-8-13-22(17-23)26-15-16-27(24(18-26)21-11-6-3-7-12-21)25(28)31-19-20-9-4-2-5-10-20/h2-14,17,24H,15-16,18-19H2,1H3. The van der Waals surface area contributed by atoms with E-state index in [0.717, 1.165) is 16.8 Å². The molecule has 1 heterocycles. The fourth-order valence-corrected chi connectivity index (χ4v) is 4.57. The quantitative estimate of drug-likeness (QED) is 0.580. The third-order valence-corrected chi connectivity index (χ3v) is 6.73. The van der Waals surface area contributed by atoms with Crippen molar-refractivity contribution >= 4 is 21.6 Å². The molecular formula is C25H26N2O4S. The van der Waals surface area contributed by atoms with Gasteiger partial charge in [0.2, 0.25) is 0 Å². The predicted molar refractivity (Wildman–Crippen MR) is 124 cm³/mol. The van der Waals surface area contributed by atoms with Gasteiger partial charge < -0.3 is 9.64 Å². The highest BCUT2D eigenvalue weighted by Gasteiger charge is 2.33. The lowest BCUT2D eigenvalue weighted by Crippen LogP contribution is -2.51. The van der Waals surface area contributed by atoms with Crippen LogP contribution in [0.2, 0.25) is 0 Å². The van der Waals surface area contributed by atoms with Crippen molar-refractivity contribution in [2.24, 2.45) is 0 Å². The number of amides is 1. The topological polar surface area (TPSA) is 66.9 Å². The minimum atomic E-state index is -3.30. The summed E-state index contributed by atoms with van der Waals surface area (Å²) in [5.74, 6) is 0. The fourth-order valence-electron chi connectivity index (χ4n) is 3.91. The Balaban J connectivity index is 1.55. The molecule has 0 N–H and O–H groups in total. The Morgan fingerprint density at radius 2 is 1.62 bits per heavy atom. The maximum absolute atomic E-state index is 13.0. The number of ether oxygens (including phenoxy) is 1. The minimum Gasteiger partial charge on any atom is -0.445 e. The third kappa shape index (κ3) is 5.11. The Bertz CT molecular complexity index is 1170. The highest BCUT2D eigenvalue weighted by Crippen LogP contribution is 2.30. The molecule has 0 spiro atoms. The van der Waals surface area contributed by atoms with Gasteiger partial charge in [-0.05, 0) is 29.3 Å². The van der Waals surface area contributed by atoms with E-state index in [1.165, 1.54) is 6.26 Å². The number of sulfone groups is 1. The van der Waals surface area contributed by atoms with Crippen LogP contribution in [0.15, 0.2) is 89.8 Å². The highest BCUT2D eigenvalue weighted by atomic mass is 32.2. The Morgan fingerprint density at radius 3 is 2.31 bits per heavy atom. The fraction of sp³-hybridized carbons (Fsp3) is 0.240. The zero-order valence-corrected chi connectivity index (χ0v) is 18.7. The maximum Gasteiger partial charge on any atom is 0.410 e. The Morgan fingerprint density at radius 1 is 0.938 bits per heavy atom. The van der Waals surface area contributed by atoms with Crippen molar-refractivity contribution in [2.45, 2.75) is 17.5 Å². The zero-order chi connectivity index (χ0) is 22.6. The zero-order valence-electron chi connectivity index (χ0n) is 17.9. The van der Waals surface area contributed by atoms with E-state index in [9.17, 15) is 13.2 Å². The molecule has 1 saturated heterocycles. The van der Waals surface area contributed by atoms with Gasteiger partial charge in [0.1, 0.15) is 6.61 Å². The molecule has 1 unspecified atom stereocenters. The van der Waals surface area contributed by atoms with E-state index < -0.39 is 9.84 Å². The lowest BCUT2D eigenvalue weighted by atomic mass is 10.0. The summed E-state index contributed by atoms with van der Waals surface area (Å²) >= 11 is 0. The molecule has 1 amide bonds. The molecule has 32 heavy (non-hydrogen) atoms. The average Bonchev–Trinajstić information content (AvgIpc) is 2.83. The van der Waals surface area contributed by atoms with Gasteiger partial charge in [-0.2, -0.15) is 0 Å². The number of benzene rings is 3. The van der Waals surface area contributed by atoms with Crippen molar-refractivity contribution in [3.05, 3.63) is 96.1 Å². The van der Waals surface area contributed by atoms with Crippen LogP contribution < -0.4 is 4.90 Å². The first kappa shape index (κ1) is 21.9. The van der Waals surface area contributed by atoms with Crippen LogP contribution in [0.4, 0.5) is 10.5 Å². The molecule has 7 heteroatoms. The molecule has 0 aliphatic carbocycles. The van der Waals surface area contributed by atoms with Gasteiger partial charge in [-0.15, -0.1) is 0 Å². The normalized spacial score (nSPS) is 16.6. The average molecular weight is 451 g/mol. The molecule has 3 aromatic carbocycles. The summed E-state index contributed by atoms with van der Waals surface area (Å²) in [7, 11) is -3.30. The van der Waals surface area contributed by atoms with E-state index in [0.29, 0.717) is 19.6 Å². The number of hydrogen-bond donors (Lipinski definition) is 0. The molecule has 6 nitrogen and oxygen atoms in total. The van der Waals surface area contributed by atoms with Crippen molar-refractivity contribution in [1.29, 1.82) is 0 Å². The number of nitrogens with zero attached hydrogens (tertiary/aromatic N) is 2. The van der Waals surface area contributed by atoms with Crippen molar-refractivity contribution in [2.75, 3.05) is 30.8 Å². The van der Waals surface area contributed by atoms with E-state index in [2.05, 4.69) is 4.90 Å². The van der Waals surface area contributed by atoms with Gasteiger partial charge in [-0.3, -0.25) is 4.90 Å². The molecule has 1 fully saturated rings. The van der Waals surface area contributed by atoms with E-state index in [1.807, 2.05) is 66.7 Å². The summed E-state index contributed by atoms with van der Waals surface area (Å²) in [5.41, 5.74) is 2.77. The lowest BCUT2D eigenvalue weighted by molar-refractivity contribution is 0.0759. The highest BCUT2D eigenvalue weighted by molar-refractivity contribution is 7.90. The number of anilines is 1. The number of carbonyl (C=O) groups excluding carboxylic acids is 1. The van der Waals surface area contributed by atoms with Crippen LogP contribution in [0.1, 0.15) is 17.2 Å². The van der Waals surface area contributed by atoms with Crippen LogP contribution in [0.3, 0.4) is 0 Å². The SMILES string of the molecule is CS(=O)(=O)c1cccc(N2CCN(C(=O)OCc3ccccc3)C(c3ccccc3)C2)c1. The summed E-state index contributed by atoms with van der Waals surface area (Å²) in [6.07, 6.45) is 0.853. The molecular weight excluding hydrogens is 424 g/mol. The van der Waals surface area contributed by atoms with E-state index >= 15 is 0 Å². The van der Waals surface area contributed by atoms with Crippen molar-refractivity contribution < 1.29 is 17.9 Å². The molecule has 0 aromatic heterocycles. The van der Waals surface area contributed by atoms with Gasteiger partial charge in [-0.1, -0.05) is 66.7 Å². The molecule has 0 radical (unpaired) electrons. The monoisotopic (exact) mass is 450 g/mol. The Hall–Kier alpha value is -3.32. The molecule has 1 atom stereocenters. The number of carbonyl (C=O) groups is 1. The summed E-state index contributed by atoms with van der Waals surface area (Å²) in [5, 5.41) is 0. The second-order valence-electron chi connectivity index (χ2n) is 7.88. The van der Waals surface area contributed by atoms with Crippen LogP contribution in [0, 0.1) is 0 Å². The van der Waals surface area contributed by atoms with Crippen LogP contribution >= 0.6 is 0 Å². The summed E-state index contributed by atoms with van der Waals surface area (Å²) in [6, 6.07) is 26.2. The summed E-state index contributed by atoms with van der Waals surface area (Å²) < 4.78 is 29.6. The summed E-state index contributed by atoms with van der Waals surface area (Å²) in [6.45, 7) is 1.81. The van der Waals surface area contributed by atoms with Gasteiger partial charge in [-0.25, -0.2) is 13.2 Å². The number of piperazine rings is 1. The minimum absolute atomic E-state index is 0.213. The number of hydrogen-bond acceptors (Lipinski definition) is 5. The van der Waals surface area contributed by atoms with Crippen LogP contribution in [0.25, 0.3) is 0 Å². The van der Waals surface area contributed by atoms with Crippen LogP contribution in [0.5, 0.6) is 0 Å². The molecule has 166 valence electrons. The van der Waals surface area contributed by atoms with Gasteiger partial charge in [0.15, 0.2) is 9.84 Å². The van der Waals surface area contributed by atoms with Crippen LogP contribution in [-0.2, 0) is 21.2 Å². The smallest absolute Gasteiger partial charge is 0.410 e. The molecule has 3 aromatic rings. The van der Waals surface area contributed by atoms with Crippen molar-refractivity contribution in [1.82, 2.24) is 4.90 Å². The first-order valence-electron chi connectivity index (χ1n) is 10.5. The van der Waals surface area contributed by atoms with Gasteiger partial charge in [0.25, 0.3) is 0 Å². The largest absolute Gasteiger partial charge is 0.445 e. The molecule has 0 bridgehead atoms. The first-order valence-corrected chi connectivity index (χ1v) is 12.4. The van der Waals surface area contributed by atoms with Gasteiger partial charge >= 0.3 is 6.09 Å². The molecule has 1 aliphatic rings.